The normalized spacial score (nSPS) is 13.1. The number of amides is 1. The van der Waals surface area contributed by atoms with Gasteiger partial charge >= 0.3 is 5.97 Å². The number of aryl methyl sites for hydroxylation is 2. The Kier molecular flexibility index (Phi) is 5.44. The van der Waals surface area contributed by atoms with Gasteiger partial charge in [0.2, 0.25) is 5.91 Å². The summed E-state index contributed by atoms with van der Waals surface area (Å²) in [6.07, 6.45) is 4.25. The molecule has 0 unspecified atom stereocenters. The number of nitrogens with zero attached hydrogens (tertiary/aromatic N) is 2. The van der Waals surface area contributed by atoms with Crippen LogP contribution in [0.1, 0.15) is 41.6 Å². The molecule has 29 heavy (non-hydrogen) atoms. The number of hydrogen-bond donors (Lipinski definition) is 1. The van der Waals surface area contributed by atoms with E-state index in [0.717, 1.165) is 36.9 Å². The van der Waals surface area contributed by atoms with E-state index in [1.54, 1.807) is 40.0 Å². The molecule has 0 aliphatic heterocycles. The smallest absolute Gasteiger partial charge is 0.310 e. The van der Waals surface area contributed by atoms with Crippen molar-refractivity contribution in [2.45, 2.75) is 45.6 Å². The molecule has 2 aromatic heterocycles. The molecular weight excluding hydrogens is 390 g/mol. The van der Waals surface area contributed by atoms with Crippen molar-refractivity contribution in [1.29, 1.82) is 0 Å². The van der Waals surface area contributed by atoms with Crippen LogP contribution in [0.25, 0.3) is 4.96 Å². The van der Waals surface area contributed by atoms with E-state index >= 15 is 0 Å². The Morgan fingerprint density at radius 1 is 1.21 bits per heavy atom. The molecule has 0 bridgehead atoms. The molecule has 3 aromatic rings. The molecule has 1 aliphatic rings. The van der Waals surface area contributed by atoms with E-state index in [0.29, 0.717) is 16.3 Å². The van der Waals surface area contributed by atoms with Gasteiger partial charge in [0, 0.05) is 29.2 Å². The molecule has 0 saturated heterocycles. The van der Waals surface area contributed by atoms with Crippen LogP contribution in [0.5, 0.6) is 0 Å². The SMILES string of the molecule is CC(=O)Nc1ccc(CC(=O)OCc2cc(=O)n3c4c(sc3n2)CCCC4)cc1. The Labute approximate surface area is 171 Å². The number of esters is 1. The number of hydrogen-bond acceptors (Lipinski definition) is 6. The lowest BCUT2D eigenvalue weighted by molar-refractivity contribution is -0.144. The minimum absolute atomic E-state index is 0.0306. The zero-order valence-electron chi connectivity index (χ0n) is 16.1. The fraction of sp³-hybridized carbons (Fsp3) is 0.333. The molecular formula is C21H21N3O4S. The van der Waals surface area contributed by atoms with E-state index in [-0.39, 0.29) is 24.5 Å². The van der Waals surface area contributed by atoms with Crippen LogP contribution < -0.4 is 10.9 Å². The van der Waals surface area contributed by atoms with Crippen molar-refractivity contribution in [2.75, 3.05) is 5.32 Å². The molecule has 2 heterocycles. The summed E-state index contributed by atoms with van der Waals surface area (Å²) in [4.78, 5) is 42.2. The lowest BCUT2D eigenvalue weighted by Gasteiger charge is -2.10. The average molecular weight is 411 g/mol. The third-order valence-corrected chi connectivity index (χ3v) is 5.96. The summed E-state index contributed by atoms with van der Waals surface area (Å²) >= 11 is 1.55. The van der Waals surface area contributed by atoms with E-state index in [1.165, 1.54) is 17.9 Å². The molecule has 0 radical (unpaired) electrons. The number of ether oxygens (including phenoxy) is 1. The van der Waals surface area contributed by atoms with Gasteiger partial charge in [-0.15, -0.1) is 11.3 Å². The predicted octanol–water partition coefficient (Wildman–Crippen LogP) is 2.88. The monoisotopic (exact) mass is 411 g/mol. The predicted molar refractivity (Wildman–Crippen MR) is 110 cm³/mol. The van der Waals surface area contributed by atoms with Crippen LogP contribution in [0.15, 0.2) is 35.1 Å². The molecule has 1 amide bonds. The van der Waals surface area contributed by atoms with Crippen molar-refractivity contribution in [3.8, 4) is 0 Å². The first kappa shape index (κ1) is 19.3. The number of nitrogens with one attached hydrogen (secondary N) is 1. The van der Waals surface area contributed by atoms with Crippen LogP contribution in [-0.2, 0) is 40.2 Å². The summed E-state index contributed by atoms with van der Waals surface area (Å²) in [7, 11) is 0. The Hall–Kier alpha value is -3.00. The summed E-state index contributed by atoms with van der Waals surface area (Å²) in [5.41, 5.74) is 2.88. The maximum atomic E-state index is 12.5. The van der Waals surface area contributed by atoms with Gasteiger partial charge < -0.3 is 10.1 Å². The Morgan fingerprint density at radius 2 is 1.97 bits per heavy atom. The van der Waals surface area contributed by atoms with E-state index in [9.17, 15) is 14.4 Å². The quantitative estimate of drug-likeness (QED) is 0.652. The Balaban J connectivity index is 1.41. The Morgan fingerprint density at radius 3 is 2.72 bits per heavy atom. The van der Waals surface area contributed by atoms with Gasteiger partial charge in [0.05, 0.1) is 12.1 Å². The van der Waals surface area contributed by atoms with Crippen LogP contribution in [0.2, 0.25) is 0 Å². The zero-order valence-corrected chi connectivity index (χ0v) is 16.9. The van der Waals surface area contributed by atoms with Crippen LogP contribution in [0.3, 0.4) is 0 Å². The van der Waals surface area contributed by atoms with Crippen molar-refractivity contribution in [3.63, 3.8) is 0 Å². The molecule has 7 nitrogen and oxygen atoms in total. The number of thiazole rings is 1. The van der Waals surface area contributed by atoms with E-state index < -0.39 is 5.97 Å². The molecule has 0 spiro atoms. The fourth-order valence-electron chi connectivity index (χ4n) is 3.50. The van der Waals surface area contributed by atoms with Crippen LogP contribution in [0, 0.1) is 0 Å². The van der Waals surface area contributed by atoms with Gasteiger partial charge in [-0.2, -0.15) is 0 Å². The first-order valence-corrected chi connectivity index (χ1v) is 10.4. The highest BCUT2D eigenvalue weighted by atomic mass is 32.1. The minimum atomic E-state index is -0.398. The number of fused-ring (bicyclic) bond motifs is 3. The largest absolute Gasteiger partial charge is 0.459 e. The topological polar surface area (TPSA) is 89.8 Å². The molecule has 8 heteroatoms. The molecule has 0 fully saturated rings. The van der Waals surface area contributed by atoms with Crippen molar-refractivity contribution in [3.05, 3.63) is 62.5 Å². The van der Waals surface area contributed by atoms with Crippen molar-refractivity contribution in [1.82, 2.24) is 9.38 Å². The van der Waals surface area contributed by atoms with Gasteiger partial charge in [-0.05, 0) is 43.4 Å². The minimum Gasteiger partial charge on any atom is -0.459 e. The zero-order chi connectivity index (χ0) is 20.4. The number of aromatic nitrogens is 2. The second kappa shape index (κ2) is 8.16. The summed E-state index contributed by atoms with van der Waals surface area (Å²) < 4.78 is 7.01. The second-order valence-corrected chi connectivity index (χ2v) is 8.16. The second-order valence-electron chi connectivity index (χ2n) is 7.10. The summed E-state index contributed by atoms with van der Waals surface area (Å²) in [6, 6.07) is 8.45. The van der Waals surface area contributed by atoms with Gasteiger partial charge in [-0.25, -0.2) is 4.98 Å². The highest BCUT2D eigenvalue weighted by molar-refractivity contribution is 7.17. The standard InChI is InChI=1S/C21H21N3O4S/c1-13(25)22-15-8-6-14(7-9-15)10-20(27)28-12-16-11-19(26)24-17-4-2-3-5-18(17)29-21(24)23-16/h6-9,11H,2-5,10,12H2,1H3,(H,22,25). The highest BCUT2D eigenvalue weighted by Gasteiger charge is 2.18. The summed E-state index contributed by atoms with van der Waals surface area (Å²) in [6.45, 7) is 1.41. The first-order chi connectivity index (χ1) is 14.0. The van der Waals surface area contributed by atoms with Crippen LogP contribution >= 0.6 is 11.3 Å². The number of carbonyl (C=O) groups excluding carboxylic acids is 2. The van der Waals surface area contributed by atoms with E-state index in [2.05, 4.69) is 10.3 Å². The number of carbonyl (C=O) groups is 2. The summed E-state index contributed by atoms with van der Waals surface area (Å²) in [5.74, 6) is -0.547. The van der Waals surface area contributed by atoms with Gasteiger partial charge in [-0.3, -0.25) is 18.8 Å². The van der Waals surface area contributed by atoms with Crippen molar-refractivity contribution in [2.24, 2.45) is 0 Å². The maximum Gasteiger partial charge on any atom is 0.310 e. The van der Waals surface area contributed by atoms with E-state index in [4.69, 9.17) is 4.74 Å². The third-order valence-electron chi connectivity index (χ3n) is 4.82. The molecule has 1 aromatic carbocycles. The van der Waals surface area contributed by atoms with Gasteiger partial charge in [0.15, 0.2) is 4.96 Å². The third kappa shape index (κ3) is 4.37. The maximum absolute atomic E-state index is 12.5. The molecule has 0 saturated carbocycles. The average Bonchev–Trinajstić information content (AvgIpc) is 3.06. The molecule has 0 atom stereocenters. The van der Waals surface area contributed by atoms with Crippen molar-refractivity contribution < 1.29 is 14.3 Å². The summed E-state index contributed by atoms with van der Waals surface area (Å²) in [5, 5.41) is 2.68. The van der Waals surface area contributed by atoms with Crippen LogP contribution in [-0.4, -0.2) is 21.3 Å². The van der Waals surface area contributed by atoms with Crippen molar-refractivity contribution >= 4 is 33.9 Å². The molecule has 4 rings (SSSR count). The highest BCUT2D eigenvalue weighted by Crippen LogP contribution is 2.28. The fourth-order valence-corrected chi connectivity index (χ4v) is 4.73. The van der Waals surface area contributed by atoms with Gasteiger partial charge in [0.25, 0.3) is 5.56 Å². The van der Waals surface area contributed by atoms with Gasteiger partial charge in [-0.1, -0.05) is 12.1 Å². The van der Waals surface area contributed by atoms with Crippen LogP contribution in [0.4, 0.5) is 5.69 Å². The number of anilines is 1. The molecule has 1 N–H and O–H groups in total. The lowest BCUT2D eigenvalue weighted by Crippen LogP contribution is -2.19. The first-order valence-electron chi connectivity index (χ1n) is 9.55. The Bertz CT molecular complexity index is 1130. The lowest BCUT2D eigenvalue weighted by atomic mass is 10.0. The number of rotatable bonds is 5. The number of benzene rings is 1. The molecule has 150 valence electrons. The van der Waals surface area contributed by atoms with E-state index in [1.807, 2.05) is 0 Å². The molecule has 1 aliphatic carbocycles. The van der Waals surface area contributed by atoms with Gasteiger partial charge in [0.1, 0.15) is 6.61 Å².